The van der Waals surface area contributed by atoms with Gasteiger partial charge in [-0.3, -0.25) is 0 Å². The van der Waals surface area contributed by atoms with E-state index in [1.165, 1.54) is 12.1 Å². The monoisotopic (exact) mass is 542 g/mol. The van der Waals surface area contributed by atoms with Crippen molar-refractivity contribution in [1.82, 2.24) is 9.72 Å². The van der Waals surface area contributed by atoms with Gasteiger partial charge in [0.25, 0.3) is 0 Å². The van der Waals surface area contributed by atoms with Gasteiger partial charge in [0.2, 0.25) is 0 Å². The molecule has 8 heteroatoms. The van der Waals surface area contributed by atoms with E-state index < -0.39 is 17.5 Å². The van der Waals surface area contributed by atoms with Crippen LogP contribution in [0.25, 0.3) is 32.9 Å². The van der Waals surface area contributed by atoms with Crippen molar-refractivity contribution in [2.75, 3.05) is 6.61 Å². The molecule has 0 atom stereocenters. The molecule has 0 fully saturated rings. The Morgan fingerprint density at radius 3 is 2.33 bits per heavy atom. The molecule has 0 aliphatic heterocycles. The third-order valence-corrected chi connectivity index (χ3v) is 6.67. The maximum absolute atomic E-state index is 13.7. The molecule has 0 N–H and O–H groups in total. The number of nitrogens with zero attached hydrogens (tertiary/aromatic N) is 2. The topological polar surface area (TPSA) is 83.6 Å². The van der Waals surface area contributed by atoms with Crippen LogP contribution in [0.4, 0.5) is 4.39 Å². The summed E-state index contributed by atoms with van der Waals surface area (Å²) in [4.78, 5) is 26.4. The van der Waals surface area contributed by atoms with E-state index in [1.54, 1.807) is 37.3 Å². The average Bonchev–Trinajstić information content (AvgIpc) is 3.39. The van der Waals surface area contributed by atoms with E-state index in [-0.39, 0.29) is 12.4 Å². The number of halogens is 1. The third kappa shape index (κ3) is 5.09. The Bertz CT molecular complexity index is 1740. The smallest absolute Gasteiger partial charge is 0.339 e. The molecule has 2 aromatic heterocycles. The first-order valence-electron chi connectivity index (χ1n) is 13.1. The molecule has 0 amide bonds. The minimum Gasteiger partial charge on any atom is -0.462 e. The van der Waals surface area contributed by atoms with Crippen LogP contribution in [-0.4, -0.2) is 33.9 Å². The van der Waals surface area contributed by atoms with Gasteiger partial charge in [-0.15, -0.1) is 0 Å². The van der Waals surface area contributed by atoms with Crippen LogP contribution in [0.2, 0.25) is 0 Å². The van der Waals surface area contributed by atoms with Gasteiger partial charge in [-0.25, -0.2) is 14.0 Å². The Hall–Kier alpha value is -4.46. The lowest BCUT2D eigenvalue weighted by Gasteiger charge is -2.20. The van der Waals surface area contributed by atoms with Crippen LogP contribution in [-0.2, 0) is 16.0 Å². The van der Waals surface area contributed by atoms with Gasteiger partial charge >= 0.3 is 11.9 Å². The molecule has 0 saturated heterocycles. The van der Waals surface area contributed by atoms with Gasteiger partial charge in [0.05, 0.1) is 28.9 Å². The van der Waals surface area contributed by atoms with Crippen LogP contribution < -0.4 is 0 Å². The molecule has 40 heavy (non-hydrogen) atoms. The Balaban J connectivity index is 1.87. The van der Waals surface area contributed by atoms with Crippen molar-refractivity contribution in [3.63, 3.8) is 0 Å². The van der Waals surface area contributed by atoms with Crippen molar-refractivity contribution >= 4 is 33.7 Å². The summed E-state index contributed by atoms with van der Waals surface area (Å²) < 4.78 is 32.3. The second kappa shape index (κ2) is 10.3. The predicted molar refractivity (Wildman–Crippen MR) is 151 cm³/mol. The first-order valence-corrected chi connectivity index (χ1v) is 13.1. The van der Waals surface area contributed by atoms with Gasteiger partial charge in [-0.05, 0) is 95.1 Å². The molecule has 0 unspecified atom stereocenters. The van der Waals surface area contributed by atoms with Crippen LogP contribution in [0.1, 0.15) is 65.4 Å². The van der Waals surface area contributed by atoms with Crippen LogP contribution in [0.5, 0.6) is 0 Å². The second-order valence-electron chi connectivity index (χ2n) is 10.8. The van der Waals surface area contributed by atoms with E-state index >= 15 is 0 Å². The highest BCUT2D eigenvalue weighted by atomic mass is 19.1. The van der Waals surface area contributed by atoms with Gasteiger partial charge < -0.3 is 18.6 Å². The van der Waals surface area contributed by atoms with Gasteiger partial charge in [-0.1, -0.05) is 17.3 Å². The number of benzene rings is 3. The normalized spacial score (nSPS) is 11.8. The molecule has 7 nitrogen and oxygen atoms in total. The SMILES string of the molecule is CCOC(=O)c1ccc2c(c1)c1c(C(=O)OC(C)(C)C)cc(-c3c(C)noc3C)cc1n2Cc1ccc(F)cc1. The molecule has 5 aromatic rings. The number of carbonyl (C=O) groups is 2. The summed E-state index contributed by atoms with van der Waals surface area (Å²) in [5.41, 5.74) is 4.65. The van der Waals surface area contributed by atoms with Crippen molar-refractivity contribution in [1.29, 1.82) is 0 Å². The zero-order valence-corrected chi connectivity index (χ0v) is 23.4. The standard InChI is InChI=1S/C32H31FN2O5/c1-7-38-30(36)21-10-13-26-24(14-21)29-25(31(37)39-32(4,5)6)15-22(28-18(2)34-40-19(28)3)16-27(29)35(26)17-20-8-11-23(33)12-9-20/h8-16H,7,17H2,1-6H3. The van der Waals surface area contributed by atoms with Gasteiger partial charge in [0.15, 0.2) is 0 Å². The van der Waals surface area contributed by atoms with Crippen molar-refractivity contribution in [3.8, 4) is 11.1 Å². The number of esters is 2. The molecule has 0 radical (unpaired) electrons. The van der Waals surface area contributed by atoms with Crippen LogP contribution in [0.15, 0.2) is 59.1 Å². The number of hydrogen-bond acceptors (Lipinski definition) is 6. The zero-order valence-electron chi connectivity index (χ0n) is 23.4. The summed E-state index contributed by atoms with van der Waals surface area (Å²) in [5.74, 6) is -0.640. The maximum atomic E-state index is 13.7. The molecule has 5 rings (SSSR count). The number of fused-ring (bicyclic) bond motifs is 3. The fraction of sp³-hybridized carbons (Fsp3) is 0.281. The minimum absolute atomic E-state index is 0.243. The van der Waals surface area contributed by atoms with Crippen molar-refractivity contribution in [2.45, 2.75) is 53.7 Å². The zero-order chi connectivity index (χ0) is 28.8. The molecular formula is C32H31FN2O5. The van der Waals surface area contributed by atoms with Gasteiger partial charge in [0.1, 0.15) is 17.2 Å². The van der Waals surface area contributed by atoms with E-state index in [9.17, 15) is 14.0 Å². The highest BCUT2D eigenvalue weighted by Gasteiger charge is 2.26. The maximum Gasteiger partial charge on any atom is 0.339 e. The largest absolute Gasteiger partial charge is 0.462 e. The lowest BCUT2D eigenvalue weighted by molar-refractivity contribution is 0.00717. The average molecular weight is 543 g/mol. The van der Waals surface area contributed by atoms with E-state index in [0.717, 1.165) is 27.7 Å². The summed E-state index contributed by atoms with van der Waals surface area (Å²) in [6, 6.07) is 15.4. The van der Waals surface area contributed by atoms with Crippen LogP contribution in [0, 0.1) is 19.7 Å². The van der Waals surface area contributed by atoms with Crippen LogP contribution >= 0.6 is 0 Å². The Morgan fingerprint density at radius 2 is 1.70 bits per heavy atom. The molecular weight excluding hydrogens is 511 g/mol. The van der Waals surface area contributed by atoms with Crippen LogP contribution in [0.3, 0.4) is 0 Å². The number of rotatable bonds is 6. The van der Waals surface area contributed by atoms with Gasteiger partial charge in [0, 0.05) is 28.4 Å². The van der Waals surface area contributed by atoms with Crippen molar-refractivity contribution < 1.29 is 28.0 Å². The fourth-order valence-corrected chi connectivity index (χ4v) is 5.04. The number of ether oxygens (including phenoxy) is 2. The number of carbonyl (C=O) groups excluding carboxylic acids is 2. The Labute approximate surface area is 231 Å². The lowest BCUT2D eigenvalue weighted by atomic mass is 9.97. The molecule has 0 aliphatic rings. The molecule has 0 bridgehead atoms. The quantitative estimate of drug-likeness (QED) is 0.208. The molecule has 0 aliphatic carbocycles. The summed E-state index contributed by atoms with van der Waals surface area (Å²) >= 11 is 0. The van der Waals surface area contributed by atoms with E-state index in [2.05, 4.69) is 9.72 Å². The van der Waals surface area contributed by atoms with E-state index in [4.69, 9.17) is 14.0 Å². The highest BCUT2D eigenvalue weighted by molar-refractivity contribution is 6.19. The molecule has 206 valence electrons. The lowest BCUT2D eigenvalue weighted by Crippen LogP contribution is -2.24. The van der Waals surface area contributed by atoms with Crippen molar-refractivity contribution in [3.05, 3.63) is 88.6 Å². The molecule has 0 spiro atoms. The Morgan fingerprint density at radius 1 is 0.975 bits per heavy atom. The highest BCUT2D eigenvalue weighted by Crippen LogP contribution is 2.39. The fourth-order valence-electron chi connectivity index (χ4n) is 5.04. The predicted octanol–water partition coefficient (Wildman–Crippen LogP) is 7.39. The van der Waals surface area contributed by atoms with Gasteiger partial charge in [-0.2, -0.15) is 0 Å². The summed E-state index contributed by atoms with van der Waals surface area (Å²) in [7, 11) is 0. The summed E-state index contributed by atoms with van der Waals surface area (Å²) in [6.07, 6.45) is 0. The minimum atomic E-state index is -0.731. The Kier molecular flexibility index (Phi) is 6.96. The number of aromatic nitrogens is 2. The first kappa shape index (κ1) is 27.1. The third-order valence-electron chi connectivity index (χ3n) is 6.67. The van der Waals surface area contributed by atoms with E-state index in [0.29, 0.717) is 39.9 Å². The molecule has 2 heterocycles. The second-order valence-corrected chi connectivity index (χ2v) is 10.8. The first-order chi connectivity index (χ1) is 19.0. The summed E-state index contributed by atoms with van der Waals surface area (Å²) in [6.45, 7) is 11.5. The van der Waals surface area contributed by atoms with E-state index in [1.807, 2.05) is 46.8 Å². The number of aryl methyl sites for hydroxylation is 2. The summed E-state index contributed by atoms with van der Waals surface area (Å²) in [5, 5.41) is 5.46. The molecule has 0 saturated carbocycles. The number of hydrogen-bond donors (Lipinski definition) is 0. The molecule has 3 aromatic carbocycles. The van der Waals surface area contributed by atoms with Crippen molar-refractivity contribution in [2.24, 2.45) is 0 Å².